The number of ether oxygens (including phenoxy) is 1. The molecule has 3 rings (SSSR count). The van der Waals surface area contributed by atoms with Gasteiger partial charge < -0.3 is 15.0 Å². The monoisotopic (exact) mass is 494 g/mol. The van der Waals surface area contributed by atoms with Crippen LogP contribution in [0.4, 0.5) is 18.9 Å². The van der Waals surface area contributed by atoms with E-state index in [2.05, 4.69) is 5.32 Å². The molecule has 2 aromatic rings. The normalized spacial score (nSPS) is 14.8. The van der Waals surface area contributed by atoms with Crippen molar-refractivity contribution in [1.29, 1.82) is 0 Å². The Balaban J connectivity index is 1.44. The topological polar surface area (TPSA) is 75.7 Å². The number of hydrogen-bond donors (Lipinski definition) is 1. The Labute approximate surface area is 199 Å². The molecule has 1 aliphatic rings. The average Bonchev–Trinajstić information content (AvgIpc) is 2.82. The molecule has 10 heteroatoms. The third kappa shape index (κ3) is 7.08. The summed E-state index contributed by atoms with van der Waals surface area (Å²) in [5.41, 5.74) is -0.200. The van der Waals surface area contributed by atoms with E-state index in [1.165, 1.54) is 4.90 Å². The number of halogens is 4. The van der Waals surface area contributed by atoms with Gasteiger partial charge in [-0.15, -0.1) is 0 Å². The van der Waals surface area contributed by atoms with Crippen LogP contribution in [0.2, 0.25) is 5.02 Å². The highest BCUT2D eigenvalue weighted by Crippen LogP contribution is 2.32. The van der Waals surface area contributed by atoms with E-state index < -0.39 is 30.2 Å². The number of nitrogens with one attached hydrogen (secondary N) is 1. The highest BCUT2D eigenvalue weighted by molar-refractivity contribution is 6.32. The SMILES string of the molecule is O=C(C=Cc1cc(C(F)(F)F)ccc1Cl)OCC(=O)N1CCC(C(=O)Nc2ccccc2)CC1. The van der Waals surface area contributed by atoms with E-state index in [4.69, 9.17) is 16.3 Å². The Morgan fingerprint density at radius 3 is 2.41 bits per heavy atom. The van der Waals surface area contributed by atoms with Crippen molar-refractivity contribution < 1.29 is 32.3 Å². The van der Waals surface area contributed by atoms with Gasteiger partial charge in [-0.2, -0.15) is 13.2 Å². The summed E-state index contributed by atoms with van der Waals surface area (Å²) < 4.78 is 43.4. The second kappa shape index (κ2) is 11.2. The second-order valence-corrected chi connectivity index (χ2v) is 8.09. The summed E-state index contributed by atoms with van der Waals surface area (Å²) in [5, 5.41) is 2.88. The fourth-order valence-electron chi connectivity index (χ4n) is 3.43. The zero-order valence-corrected chi connectivity index (χ0v) is 18.7. The molecule has 1 aliphatic heterocycles. The molecular weight excluding hydrogens is 473 g/mol. The number of likely N-dealkylation sites (tertiary alicyclic amines) is 1. The Morgan fingerprint density at radius 2 is 1.76 bits per heavy atom. The number of carbonyl (C=O) groups excluding carboxylic acids is 3. The first-order chi connectivity index (χ1) is 16.1. The van der Waals surface area contributed by atoms with Crippen molar-refractivity contribution in [2.45, 2.75) is 19.0 Å². The van der Waals surface area contributed by atoms with Crippen LogP contribution in [-0.2, 0) is 25.3 Å². The lowest BCUT2D eigenvalue weighted by Crippen LogP contribution is -2.43. The molecule has 0 bridgehead atoms. The van der Waals surface area contributed by atoms with Gasteiger partial charge >= 0.3 is 12.1 Å². The molecule has 1 N–H and O–H groups in total. The lowest BCUT2D eigenvalue weighted by molar-refractivity contribution is -0.149. The molecule has 2 aromatic carbocycles. The number of piperidine rings is 1. The molecule has 1 fully saturated rings. The smallest absolute Gasteiger partial charge is 0.416 e. The van der Waals surface area contributed by atoms with Crippen LogP contribution < -0.4 is 5.32 Å². The quantitative estimate of drug-likeness (QED) is 0.462. The molecule has 0 radical (unpaired) electrons. The van der Waals surface area contributed by atoms with Crippen molar-refractivity contribution in [1.82, 2.24) is 4.90 Å². The summed E-state index contributed by atoms with van der Waals surface area (Å²) in [4.78, 5) is 38.1. The molecule has 0 unspecified atom stereocenters. The molecular formula is C24H22ClF3N2O4. The second-order valence-electron chi connectivity index (χ2n) is 7.69. The van der Waals surface area contributed by atoms with Gasteiger partial charge in [0.05, 0.1) is 5.56 Å². The van der Waals surface area contributed by atoms with Gasteiger partial charge in [0.2, 0.25) is 5.91 Å². The van der Waals surface area contributed by atoms with E-state index in [0.29, 0.717) is 31.6 Å². The van der Waals surface area contributed by atoms with E-state index in [1.54, 1.807) is 12.1 Å². The van der Waals surface area contributed by atoms with Crippen molar-refractivity contribution in [2.24, 2.45) is 5.92 Å². The van der Waals surface area contributed by atoms with E-state index in [1.807, 2.05) is 18.2 Å². The Kier molecular flexibility index (Phi) is 8.33. The number of carbonyl (C=O) groups is 3. The van der Waals surface area contributed by atoms with Crippen LogP contribution in [0.5, 0.6) is 0 Å². The van der Waals surface area contributed by atoms with Gasteiger partial charge in [-0.1, -0.05) is 29.8 Å². The maximum absolute atomic E-state index is 12.8. The molecule has 0 spiro atoms. The lowest BCUT2D eigenvalue weighted by Gasteiger charge is -2.31. The molecule has 180 valence electrons. The number of alkyl halides is 3. The highest BCUT2D eigenvalue weighted by Gasteiger charge is 2.31. The minimum atomic E-state index is -4.55. The molecule has 2 amide bonds. The van der Waals surface area contributed by atoms with Crippen LogP contribution in [-0.4, -0.2) is 42.4 Å². The summed E-state index contributed by atoms with van der Waals surface area (Å²) in [6, 6.07) is 11.8. The number of nitrogens with zero attached hydrogens (tertiary/aromatic N) is 1. The molecule has 0 aromatic heterocycles. The summed E-state index contributed by atoms with van der Waals surface area (Å²) in [5.74, 6) is -1.64. The maximum atomic E-state index is 12.8. The number of amides is 2. The lowest BCUT2D eigenvalue weighted by atomic mass is 9.95. The van der Waals surface area contributed by atoms with Gasteiger partial charge in [-0.3, -0.25) is 9.59 Å². The van der Waals surface area contributed by atoms with Crippen LogP contribution >= 0.6 is 11.6 Å². The van der Waals surface area contributed by atoms with Crippen molar-refractivity contribution in [3.63, 3.8) is 0 Å². The van der Waals surface area contributed by atoms with Crippen molar-refractivity contribution in [3.05, 3.63) is 70.8 Å². The van der Waals surface area contributed by atoms with E-state index in [0.717, 1.165) is 30.4 Å². The van der Waals surface area contributed by atoms with Crippen LogP contribution in [0.15, 0.2) is 54.6 Å². The first-order valence-corrected chi connectivity index (χ1v) is 10.9. The fraction of sp³-hybridized carbons (Fsp3) is 0.292. The van der Waals surface area contributed by atoms with Crippen LogP contribution in [0.25, 0.3) is 6.08 Å². The predicted octanol–water partition coefficient (Wildman–Crippen LogP) is 4.79. The largest absolute Gasteiger partial charge is 0.452 e. The first kappa shape index (κ1) is 25.3. The first-order valence-electron chi connectivity index (χ1n) is 10.5. The van der Waals surface area contributed by atoms with Gasteiger partial charge in [-0.25, -0.2) is 4.79 Å². The van der Waals surface area contributed by atoms with E-state index >= 15 is 0 Å². The van der Waals surface area contributed by atoms with Gasteiger partial charge in [0.25, 0.3) is 5.91 Å². The van der Waals surface area contributed by atoms with Gasteiger partial charge in [0.15, 0.2) is 6.61 Å². The Bertz CT molecular complexity index is 1070. The maximum Gasteiger partial charge on any atom is 0.416 e. The summed E-state index contributed by atoms with van der Waals surface area (Å²) in [7, 11) is 0. The summed E-state index contributed by atoms with van der Waals surface area (Å²) in [6.07, 6.45) is -1.58. The third-order valence-corrected chi connectivity index (χ3v) is 5.66. The number of rotatable bonds is 6. The molecule has 34 heavy (non-hydrogen) atoms. The molecule has 0 aliphatic carbocycles. The molecule has 0 atom stereocenters. The van der Waals surface area contributed by atoms with Crippen LogP contribution in [0.1, 0.15) is 24.0 Å². The Morgan fingerprint density at radius 1 is 1.09 bits per heavy atom. The predicted molar refractivity (Wildman–Crippen MR) is 121 cm³/mol. The van der Waals surface area contributed by atoms with Gasteiger partial charge in [-0.05, 0) is 54.8 Å². The summed E-state index contributed by atoms with van der Waals surface area (Å²) in [6.45, 7) is 0.179. The van der Waals surface area contributed by atoms with E-state index in [-0.39, 0.29) is 22.4 Å². The van der Waals surface area contributed by atoms with Gasteiger partial charge in [0.1, 0.15) is 0 Å². The number of anilines is 1. The highest BCUT2D eigenvalue weighted by atomic mass is 35.5. The minimum Gasteiger partial charge on any atom is -0.452 e. The van der Waals surface area contributed by atoms with Crippen molar-refractivity contribution in [2.75, 3.05) is 25.0 Å². The van der Waals surface area contributed by atoms with Gasteiger partial charge in [0, 0.05) is 35.8 Å². The van der Waals surface area contributed by atoms with Crippen LogP contribution in [0, 0.1) is 5.92 Å². The van der Waals surface area contributed by atoms with E-state index in [9.17, 15) is 27.6 Å². The average molecular weight is 495 g/mol. The minimum absolute atomic E-state index is 0.00406. The standard InChI is InChI=1S/C24H22ClF3N2O4/c25-20-8-7-18(24(26,27)28)14-17(20)6-9-22(32)34-15-21(31)30-12-10-16(11-13-30)23(33)29-19-4-2-1-3-5-19/h1-9,14,16H,10-13,15H2,(H,29,33). The number of hydrogen-bond acceptors (Lipinski definition) is 4. The van der Waals surface area contributed by atoms with Crippen LogP contribution in [0.3, 0.4) is 0 Å². The number of esters is 1. The van der Waals surface area contributed by atoms with Crippen molar-refractivity contribution >= 4 is 41.1 Å². The fourth-order valence-corrected chi connectivity index (χ4v) is 3.62. The molecule has 1 heterocycles. The number of para-hydroxylation sites is 1. The van der Waals surface area contributed by atoms with Crippen molar-refractivity contribution in [3.8, 4) is 0 Å². The zero-order chi connectivity index (χ0) is 24.7. The molecule has 6 nitrogen and oxygen atoms in total. The third-order valence-electron chi connectivity index (χ3n) is 5.32. The Hall–Kier alpha value is -3.33. The molecule has 1 saturated heterocycles. The molecule has 0 saturated carbocycles. The zero-order valence-electron chi connectivity index (χ0n) is 18.0. The number of benzene rings is 2. The summed E-state index contributed by atoms with van der Waals surface area (Å²) >= 11 is 5.88.